The Bertz CT molecular complexity index is 957. The van der Waals surface area contributed by atoms with Crippen molar-refractivity contribution in [3.8, 4) is 0 Å². The van der Waals surface area contributed by atoms with Gasteiger partial charge >= 0.3 is 0 Å². The highest BCUT2D eigenvalue weighted by Gasteiger charge is 2.15. The van der Waals surface area contributed by atoms with Gasteiger partial charge in [-0.2, -0.15) is 0 Å². The van der Waals surface area contributed by atoms with E-state index in [4.69, 9.17) is 0 Å². The Hall–Kier alpha value is -3.19. The molecule has 0 aliphatic heterocycles. The number of nitrogens with one attached hydrogen (secondary N) is 2. The molecule has 0 spiro atoms. The summed E-state index contributed by atoms with van der Waals surface area (Å²) in [5, 5.41) is 2.69. The van der Waals surface area contributed by atoms with Crippen LogP contribution >= 0.6 is 0 Å². The number of para-hydroxylation sites is 1. The fraction of sp³-hybridized carbons (Fsp3) is 0. The first-order valence-corrected chi connectivity index (χ1v) is 8.92. The Kier molecular flexibility index (Phi) is 4.76. The molecule has 6 nitrogen and oxygen atoms in total. The molecule has 1 amide bonds. The molecule has 0 fully saturated rings. The zero-order valence-corrected chi connectivity index (χ0v) is 13.9. The number of benzene rings is 2. The summed E-state index contributed by atoms with van der Waals surface area (Å²) in [6, 6.07) is 17.7. The van der Waals surface area contributed by atoms with E-state index in [0.29, 0.717) is 16.9 Å². The lowest BCUT2D eigenvalue weighted by Crippen LogP contribution is -2.14. The largest absolute Gasteiger partial charge is 0.321 e. The summed E-state index contributed by atoms with van der Waals surface area (Å²) in [6.07, 6.45) is 3.13. The maximum absolute atomic E-state index is 12.4. The van der Waals surface area contributed by atoms with Crippen molar-refractivity contribution in [1.29, 1.82) is 0 Å². The normalized spacial score (nSPS) is 10.9. The highest BCUT2D eigenvalue weighted by Crippen LogP contribution is 2.17. The van der Waals surface area contributed by atoms with Crippen LogP contribution in [0.1, 0.15) is 10.4 Å². The Morgan fingerprint density at radius 2 is 1.52 bits per heavy atom. The number of carbonyl (C=O) groups is 1. The van der Waals surface area contributed by atoms with Gasteiger partial charge in [-0.1, -0.05) is 18.2 Å². The SMILES string of the molecule is O=C(Nc1cccnc1)c1ccc(S(=O)(=O)Nc2ccccc2)cc1. The second kappa shape index (κ2) is 7.14. The number of aromatic nitrogens is 1. The number of nitrogens with zero attached hydrogens (tertiary/aromatic N) is 1. The number of anilines is 2. The van der Waals surface area contributed by atoms with Crippen molar-refractivity contribution in [2.24, 2.45) is 0 Å². The van der Waals surface area contributed by atoms with Crippen molar-refractivity contribution in [3.05, 3.63) is 84.7 Å². The van der Waals surface area contributed by atoms with E-state index >= 15 is 0 Å². The Balaban J connectivity index is 1.74. The standard InChI is InChI=1S/C18H15N3O3S/c22-18(20-16-7-4-12-19-13-16)14-8-10-17(11-9-14)25(23,24)21-15-5-2-1-3-6-15/h1-13,21H,(H,20,22). The first-order valence-electron chi connectivity index (χ1n) is 7.44. The van der Waals surface area contributed by atoms with E-state index in [1.54, 1.807) is 48.7 Å². The summed E-state index contributed by atoms with van der Waals surface area (Å²) < 4.78 is 27.2. The molecular formula is C18H15N3O3S. The molecule has 25 heavy (non-hydrogen) atoms. The van der Waals surface area contributed by atoms with Crippen molar-refractivity contribution < 1.29 is 13.2 Å². The van der Waals surface area contributed by atoms with Gasteiger partial charge in [0.05, 0.1) is 16.8 Å². The van der Waals surface area contributed by atoms with Gasteiger partial charge in [-0.15, -0.1) is 0 Å². The number of hydrogen-bond acceptors (Lipinski definition) is 4. The summed E-state index contributed by atoms with van der Waals surface area (Å²) in [5.74, 6) is -0.340. The fourth-order valence-corrected chi connectivity index (χ4v) is 3.20. The smallest absolute Gasteiger partial charge is 0.261 e. The van der Waals surface area contributed by atoms with E-state index in [1.165, 1.54) is 30.5 Å². The van der Waals surface area contributed by atoms with Crippen LogP contribution in [0.5, 0.6) is 0 Å². The average molecular weight is 353 g/mol. The highest BCUT2D eigenvalue weighted by molar-refractivity contribution is 7.92. The Morgan fingerprint density at radius 3 is 2.16 bits per heavy atom. The summed E-state index contributed by atoms with van der Waals surface area (Å²) in [6.45, 7) is 0. The van der Waals surface area contributed by atoms with Crippen molar-refractivity contribution >= 4 is 27.3 Å². The lowest BCUT2D eigenvalue weighted by atomic mass is 10.2. The molecule has 3 aromatic rings. The topological polar surface area (TPSA) is 88.2 Å². The molecule has 0 aliphatic rings. The van der Waals surface area contributed by atoms with Crippen LogP contribution in [-0.2, 0) is 10.0 Å². The van der Waals surface area contributed by atoms with E-state index in [1.807, 2.05) is 0 Å². The molecule has 0 aliphatic carbocycles. The van der Waals surface area contributed by atoms with Gasteiger partial charge < -0.3 is 5.32 Å². The third kappa shape index (κ3) is 4.21. The summed E-state index contributed by atoms with van der Waals surface area (Å²) in [5.41, 5.74) is 1.39. The zero-order valence-electron chi connectivity index (χ0n) is 13.1. The molecule has 2 aromatic carbocycles. The van der Waals surface area contributed by atoms with Crippen molar-refractivity contribution in [1.82, 2.24) is 4.98 Å². The molecule has 126 valence electrons. The van der Waals surface area contributed by atoms with Gasteiger partial charge in [-0.25, -0.2) is 8.42 Å². The van der Waals surface area contributed by atoms with Gasteiger partial charge in [-0.3, -0.25) is 14.5 Å². The van der Waals surface area contributed by atoms with E-state index in [2.05, 4.69) is 15.0 Å². The molecule has 7 heteroatoms. The van der Waals surface area contributed by atoms with Crippen molar-refractivity contribution in [3.63, 3.8) is 0 Å². The lowest BCUT2D eigenvalue weighted by molar-refractivity contribution is 0.102. The number of carbonyl (C=O) groups excluding carboxylic acids is 1. The second-order valence-corrected chi connectivity index (χ2v) is 6.87. The van der Waals surface area contributed by atoms with Crippen LogP contribution in [0.15, 0.2) is 84.0 Å². The number of rotatable bonds is 5. The third-order valence-corrected chi connectivity index (χ3v) is 4.77. The predicted molar refractivity (Wildman–Crippen MR) is 95.9 cm³/mol. The molecule has 0 bridgehead atoms. The lowest BCUT2D eigenvalue weighted by Gasteiger charge is -2.09. The first kappa shape index (κ1) is 16.7. The monoisotopic (exact) mass is 353 g/mol. The molecule has 3 rings (SSSR count). The predicted octanol–water partition coefficient (Wildman–Crippen LogP) is 3.13. The molecule has 1 heterocycles. The number of pyridine rings is 1. The molecule has 0 saturated heterocycles. The molecular weight excluding hydrogens is 338 g/mol. The second-order valence-electron chi connectivity index (χ2n) is 5.19. The molecule has 0 radical (unpaired) electrons. The van der Waals surface area contributed by atoms with Gasteiger partial charge in [0.25, 0.3) is 15.9 Å². The summed E-state index contributed by atoms with van der Waals surface area (Å²) in [7, 11) is -3.71. The summed E-state index contributed by atoms with van der Waals surface area (Å²) in [4.78, 5) is 16.2. The maximum Gasteiger partial charge on any atom is 0.261 e. The van der Waals surface area contributed by atoms with Crippen LogP contribution in [0.25, 0.3) is 0 Å². The van der Waals surface area contributed by atoms with Crippen molar-refractivity contribution in [2.75, 3.05) is 10.0 Å². The number of sulfonamides is 1. The van der Waals surface area contributed by atoms with Gasteiger partial charge in [0, 0.05) is 17.4 Å². The van der Waals surface area contributed by atoms with Crippen LogP contribution in [0.3, 0.4) is 0 Å². The van der Waals surface area contributed by atoms with Gasteiger partial charge in [0.2, 0.25) is 0 Å². The highest BCUT2D eigenvalue weighted by atomic mass is 32.2. The molecule has 1 aromatic heterocycles. The Morgan fingerprint density at radius 1 is 0.840 bits per heavy atom. The zero-order chi connectivity index (χ0) is 17.7. The van der Waals surface area contributed by atoms with Crippen LogP contribution in [-0.4, -0.2) is 19.3 Å². The van der Waals surface area contributed by atoms with Crippen LogP contribution in [0.4, 0.5) is 11.4 Å². The van der Waals surface area contributed by atoms with Gasteiger partial charge in [0.1, 0.15) is 0 Å². The van der Waals surface area contributed by atoms with E-state index in [0.717, 1.165) is 0 Å². The Labute approximate surface area is 145 Å². The van der Waals surface area contributed by atoms with Gasteiger partial charge in [0.15, 0.2) is 0 Å². The first-order chi connectivity index (χ1) is 12.0. The molecule has 2 N–H and O–H groups in total. The van der Waals surface area contributed by atoms with E-state index in [-0.39, 0.29) is 10.8 Å². The third-order valence-electron chi connectivity index (χ3n) is 3.37. The van der Waals surface area contributed by atoms with E-state index < -0.39 is 10.0 Å². The minimum absolute atomic E-state index is 0.0780. The molecule has 0 saturated carbocycles. The van der Waals surface area contributed by atoms with Crippen LogP contribution in [0.2, 0.25) is 0 Å². The minimum Gasteiger partial charge on any atom is -0.321 e. The quantitative estimate of drug-likeness (QED) is 0.737. The average Bonchev–Trinajstić information content (AvgIpc) is 2.63. The maximum atomic E-state index is 12.4. The van der Waals surface area contributed by atoms with Crippen molar-refractivity contribution in [2.45, 2.75) is 4.90 Å². The van der Waals surface area contributed by atoms with Gasteiger partial charge in [-0.05, 0) is 48.5 Å². The number of amides is 1. The van der Waals surface area contributed by atoms with Crippen LogP contribution < -0.4 is 10.0 Å². The minimum atomic E-state index is -3.71. The molecule has 0 unspecified atom stereocenters. The summed E-state index contributed by atoms with van der Waals surface area (Å²) >= 11 is 0. The molecule has 0 atom stereocenters. The fourth-order valence-electron chi connectivity index (χ4n) is 2.15. The number of hydrogen-bond donors (Lipinski definition) is 2. The van der Waals surface area contributed by atoms with E-state index in [9.17, 15) is 13.2 Å². The van der Waals surface area contributed by atoms with Crippen LogP contribution in [0, 0.1) is 0 Å².